The smallest absolute Gasteiger partial charge is 0.269 e. The van der Waals surface area contributed by atoms with Gasteiger partial charge in [0.25, 0.3) is 11.6 Å². The molecule has 0 aliphatic carbocycles. The van der Waals surface area contributed by atoms with Crippen LogP contribution in [0.1, 0.15) is 23.5 Å². The van der Waals surface area contributed by atoms with Gasteiger partial charge in [0.1, 0.15) is 6.10 Å². The van der Waals surface area contributed by atoms with E-state index in [2.05, 4.69) is 5.32 Å². The van der Waals surface area contributed by atoms with Crippen LogP contribution in [0.4, 0.5) is 5.69 Å². The van der Waals surface area contributed by atoms with Crippen molar-refractivity contribution in [1.82, 2.24) is 5.32 Å². The van der Waals surface area contributed by atoms with Crippen LogP contribution >= 0.6 is 34.8 Å². The number of non-ortho nitro benzene ring substituents is 1. The van der Waals surface area contributed by atoms with Crippen LogP contribution in [0, 0.1) is 10.1 Å². The first-order valence-electron chi connectivity index (χ1n) is 8.21. The van der Waals surface area contributed by atoms with Crippen molar-refractivity contribution >= 4 is 46.4 Å². The number of halogens is 3. The van der Waals surface area contributed by atoms with E-state index in [9.17, 15) is 14.9 Å². The van der Waals surface area contributed by atoms with Gasteiger partial charge in [-0.2, -0.15) is 0 Å². The van der Waals surface area contributed by atoms with E-state index in [1.165, 1.54) is 12.1 Å². The van der Waals surface area contributed by atoms with E-state index >= 15 is 0 Å². The Balaban J connectivity index is 1.88. The third kappa shape index (κ3) is 4.74. The van der Waals surface area contributed by atoms with Gasteiger partial charge in [-0.3, -0.25) is 14.9 Å². The molecule has 148 valence electrons. The van der Waals surface area contributed by atoms with Gasteiger partial charge in [-0.1, -0.05) is 53.0 Å². The first kappa shape index (κ1) is 20.8. The zero-order valence-electron chi connectivity index (χ0n) is 14.3. The molecule has 0 spiro atoms. The molecule has 0 aromatic heterocycles. The van der Waals surface area contributed by atoms with E-state index in [1.807, 2.05) is 0 Å². The largest absolute Gasteiger partial charge is 0.346 e. The Hall–Kier alpha value is -1.90. The molecule has 1 saturated heterocycles. The monoisotopic (exact) mass is 444 g/mol. The van der Waals surface area contributed by atoms with Gasteiger partial charge in [0, 0.05) is 22.7 Å². The first-order valence-corrected chi connectivity index (χ1v) is 9.46. The predicted molar refractivity (Wildman–Crippen MR) is 104 cm³/mol. The van der Waals surface area contributed by atoms with Crippen LogP contribution in [0.25, 0.3) is 0 Å². The maximum absolute atomic E-state index is 11.9. The molecule has 2 aromatic carbocycles. The van der Waals surface area contributed by atoms with Crippen LogP contribution in [0.3, 0.4) is 0 Å². The van der Waals surface area contributed by atoms with Gasteiger partial charge in [0.2, 0.25) is 0 Å². The molecule has 1 amide bonds. The highest BCUT2D eigenvalue weighted by atomic mass is 35.5. The number of carbonyl (C=O) groups is 1. The van der Waals surface area contributed by atoms with Crippen molar-refractivity contribution in [2.75, 3.05) is 6.61 Å². The topological polar surface area (TPSA) is 90.7 Å². The van der Waals surface area contributed by atoms with Crippen molar-refractivity contribution < 1.29 is 19.2 Å². The summed E-state index contributed by atoms with van der Waals surface area (Å²) in [7, 11) is 0. The number of carbonyl (C=O) groups excluding carboxylic acids is 1. The second-order valence-corrected chi connectivity index (χ2v) is 7.51. The second-order valence-electron chi connectivity index (χ2n) is 6.01. The summed E-state index contributed by atoms with van der Waals surface area (Å²) in [5.41, 5.74) is 1.20. The van der Waals surface area contributed by atoms with Crippen LogP contribution in [0.15, 0.2) is 48.5 Å². The average Bonchev–Trinajstić information content (AvgIpc) is 2.68. The highest BCUT2D eigenvalue weighted by Gasteiger charge is 2.36. The van der Waals surface area contributed by atoms with Gasteiger partial charge in [-0.25, -0.2) is 0 Å². The number of nitrogens with zero attached hydrogens (tertiary/aromatic N) is 1. The van der Waals surface area contributed by atoms with Gasteiger partial charge >= 0.3 is 0 Å². The third-order valence-corrected chi connectivity index (χ3v) is 4.92. The summed E-state index contributed by atoms with van der Waals surface area (Å²) in [6.07, 6.45) is -1.43. The molecule has 28 heavy (non-hydrogen) atoms. The molecule has 0 saturated carbocycles. The molecule has 1 aliphatic heterocycles. The van der Waals surface area contributed by atoms with E-state index in [0.717, 1.165) is 0 Å². The SMILES string of the molecule is O=C(N[C@H]1CO[C@@H](c2ccccc2Cl)O[C@H]1c1ccc([N+](=O)[O-])cc1)C(Cl)Cl. The van der Waals surface area contributed by atoms with Crippen LogP contribution in [0.5, 0.6) is 0 Å². The highest BCUT2D eigenvalue weighted by Crippen LogP contribution is 2.37. The Bertz CT molecular complexity index is 863. The summed E-state index contributed by atoms with van der Waals surface area (Å²) < 4.78 is 11.8. The Labute approximate surface area is 175 Å². The lowest BCUT2D eigenvalue weighted by molar-refractivity contribution is -0.384. The number of rotatable bonds is 5. The Kier molecular flexibility index (Phi) is 6.74. The maximum Gasteiger partial charge on any atom is 0.269 e. The first-order chi connectivity index (χ1) is 13.4. The molecular weight excluding hydrogens is 431 g/mol. The van der Waals surface area contributed by atoms with E-state index < -0.39 is 34.1 Å². The Morgan fingerprint density at radius 3 is 2.46 bits per heavy atom. The number of amides is 1. The molecule has 0 bridgehead atoms. The fourth-order valence-electron chi connectivity index (χ4n) is 2.83. The molecule has 1 fully saturated rings. The fourth-order valence-corrected chi connectivity index (χ4v) is 3.19. The molecule has 0 unspecified atom stereocenters. The van der Waals surface area contributed by atoms with Crippen molar-refractivity contribution in [3.05, 3.63) is 74.8 Å². The molecule has 3 rings (SSSR count). The number of hydrogen-bond donors (Lipinski definition) is 1. The Morgan fingerprint density at radius 2 is 1.86 bits per heavy atom. The van der Waals surface area contributed by atoms with E-state index in [1.54, 1.807) is 36.4 Å². The molecule has 1 N–H and O–H groups in total. The van der Waals surface area contributed by atoms with E-state index in [-0.39, 0.29) is 12.3 Å². The zero-order chi connectivity index (χ0) is 20.3. The lowest BCUT2D eigenvalue weighted by atomic mass is 10.0. The van der Waals surface area contributed by atoms with E-state index in [0.29, 0.717) is 16.1 Å². The molecule has 0 radical (unpaired) electrons. The van der Waals surface area contributed by atoms with E-state index in [4.69, 9.17) is 44.3 Å². The number of alkyl halides is 2. The number of benzene rings is 2. The highest BCUT2D eigenvalue weighted by molar-refractivity contribution is 6.53. The molecular formula is C18H15Cl3N2O5. The minimum Gasteiger partial charge on any atom is -0.346 e. The van der Waals surface area contributed by atoms with Gasteiger partial charge in [-0.05, 0) is 23.8 Å². The van der Waals surface area contributed by atoms with Crippen molar-refractivity contribution in [3.63, 3.8) is 0 Å². The minimum atomic E-state index is -1.25. The fraction of sp³-hybridized carbons (Fsp3) is 0.278. The normalized spacial score (nSPS) is 22.1. The molecule has 7 nitrogen and oxygen atoms in total. The average molecular weight is 446 g/mol. The number of nitro benzene ring substituents is 1. The number of nitro groups is 1. The Morgan fingerprint density at radius 1 is 1.18 bits per heavy atom. The summed E-state index contributed by atoms with van der Waals surface area (Å²) in [6.45, 7) is 0.101. The van der Waals surface area contributed by atoms with Gasteiger partial charge < -0.3 is 14.8 Å². The molecule has 2 aromatic rings. The van der Waals surface area contributed by atoms with Crippen LogP contribution in [-0.4, -0.2) is 28.3 Å². The quantitative estimate of drug-likeness (QED) is 0.420. The standard InChI is InChI=1S/C18H15Cl3N2O5/c19-13-4-2-1-3-12(13)18-27-9-14(22-17(24)16(20)21)15(28-18)10-5-7-11(8-6-10)23(25)26/h1-8,14-16,18H,9H2,(H,22,24)/t14-,15-,18+/m0/s1. The van der Waals surface area contributed by atoms with Crippen molar-refractivity contribution in [2.24, 2.45) is 0 Å². The summed E-state index contributed by atoms with van der Waals surface area (Å²) in [5.74, 6) is -0.594. The van der Waals surface area contributed by atoms with Gasteiger partial charge in [-0.15, -0.1) is 0 Å². The number of ether oxygens (including phenoxy) is 2. The minimum absolute atomic E-state index is 0.0550. The molecule has 10 heteroatoms. The van der Waals surface area contributed by atoms with Crippen LogP contribution in [0.2, 0.25) is 5.02 Å². The number of nitrogens with one attached hydrogen (secondary N) is 1. The van der Waals surface area contributed by atoms with Crippen LogP contribution < -0.4 is 5.32 Å². The second kappa shape index (κ2) is 9.07. The molecule has 1 heterocycles. The maximum atomic E-state index is 11.9. The van der Waals surface area contributed by atoms with Crippen molar-refractivity contribution in [2.45, 2.75) is 23.3 Å². The van der Waals surface area contributed by atoms with Crippen LogP contribution in [-0.2, 0) is 14.3 Å². The summed E-state index contributed by atoms with van der Waals surface area (Å²) >= 11 is 17.5. The summed E-state index contributed by atoms with van der Waals surface area (Å²) in [6, 6.07) is 12.3. The number of hydrogen-bond acceptors (Lipinski definition) is 5. The third-order valence-electron chi connectivity index (χ3n) is 4.18. The predicted octanol–water partition coefficient (Wildman–Crippen LogP) is 4.32. The van der Waals surface area contributed by atoms with Gasteiger partial charge in [0.15, 0.2) is 11.1 Å². The lowest BCUT2D eigenvalue weighted by Gasteiger charge is -2.37. The lowest BCUT2D eigenvalue weighted by Crippen LogP contribution is -2.48. The zero-order valence-corrected chi connectivity index (χ0v) is 16.5. The summed E-state index contributed by atoms with van der Waals surface area (Å²) in [5, 5.41) is 14.0. The van der Waals surface area contributed by atoms with Crippen molar-refractivity contribution in [1.29, 1.82) is 0 Å². The molecule has 1 aliphatic rings. The van der Waals surface area contributed by atoms with Gasteiger partial charge in [0.05, 0.1) is 17.6 Å². The molecule has 3 atom stereocenters. The summed E-state index contributed by atoms with van der Waals surface area (Å²) in [4.78, 5) is 21.1. The van der Waals surface area contributed by atoms with Crippen molar-refractivity contribution in [3.8, 4) is 0 Å².